The van der Waals surface area contributed by atoms with Gasteiger partial charge in [0.2, 0.25) is 0 Å². The van der Waals surface area contributed by atoms with E-state index in [1.54, 1.807) is 38.1 Å². The maximum Gasteiger partial charge on any atom is 0.417 e. The number of esters is 1. The summed E-state index contributed by atoms with van der Waals surface area (Å²) in [7, 11) is 0. The van der Waals surface area contributed by atoms with Crippen molar-refractivity contribution in [3.05, 3.63) is 64.2 Å². The van der Waals surface area contributed by atoms with E-state index in [0.29, 0.717) is 16.7 Å². The van der Waals surface area contributed by atoms with E-state index in [1.165, 1.54) is 6.07 Å². The Labute approximate surface area is 192 Å². The molecule has 1 atom stereocenters. The molecule has 172 valence electrons. The van der Waals surface area contributed by atoms with Gasteiger partial charge in [-0.2, -0.15) is 23.5 Å². The van der Waals surface area contributed by atoms with E-state index in [-0.39, 0.29) is 24.6 Å². The summed E-state index contributed by atoms with van der Waals surface area (Å²) >= 11 is 5.94. The number of ether oxygens (including phenoxy) is 1. The van der Waals surface area contributed by atoms with Crippen molar-refractivity contribution in [1.82, 2.24) is 5.01 Å². The van der Waals surface area contributed by atoms with Crippen molar-refractivity contribution >= 4 is 35.0 Å². The Morgan fingerprint density at radius 2 is 1.94 bits per heavy atom. The number of carbonyl (C=O) groups excluding carboxylic acids is 2. The number of alkyl halides is 3. The molecular formula is C22H18ClF3N4O3. The zero-order valence-electron chi connectivity index (χ0n) is 17.5. The highest BCUT2D eigenvalue weighted by Gasteiger charge is 2.48. The average Bonchev–Trinajstić information content (AvgIpc) is 3.12. The van der Waals surface area contributed by atoms with E-state index >= 15 is 0 Å². The number of hydrazone groups is 1. The molecule has 2 aromatic rings. The van der Waals surface area contributed by atoms with Crippen LogP contribution >= 0.6 is 11.6 Å². The molecule has 33 heavy (non-hydrogen) atoms. The first-order valence-corrected chi connectivity index (χ1v) is 10.1. The van der Waals surface area contributed by atoms with Crippen molar-refractivity contribution in [2.75, 3.05) is 18.5 Å². The Kier molecular flexibility index (Phi) is 6.65. The van der Waals surface area contributed by atoms with Crippen LogP contribution in [0.5, 0.6) is 0 Å². The second kappa shape index (κ2) is 9.11. The predicted molar refractivity (Wildman–Crippen MR) is 115 cm³/mol. The number of nitriles is 1. The van der Waals surface area contributed by atoms with Crippen LogP contribution in [0.3, 0.4) is 0 Å². The van der Waals surface area contributed by atoms with Gasteiger partial charge >= 0.3 is 18.2 Å². The molecule has 1 aliphatic rings. The molecule has 11 heteroatoms. The van der Waals surface area contributed by atoms with E-state index in [9.17, 15) is 22.8 Å². The number of rotatable bonds is 4. The van der Waals surface area contributed by atoms with Gasteiger partial charge in [0.1, 0.15) is 5.41 Å². The van der Waals surface area contributed by atoms with Crippen LogP contribution in [0.15, 0.2) is 47.6 Å². The number of hydrogen-bond donors (Lipinski definition) is 1. The molecule has 0 saturated heterocycles. The average molecular weight is 479 g/mol. The summed E-state index contributed by atoms with van der Waals surface area (Å²) in [5.74, 6) is -0.588. The summed E-state index contributed by atoms with van der Waals surface area (Å²) in [6.45, 7) is 3.19. The minimum Gasteiger partial charge on any atom is -0.465 e. The Morgan fingerprint density at radius 1 is 1.27 bits per heavy atom. The zero-order chi connectivity index (χ0) is 24.4. The lowest BCUT2D eigenvalue weighted by Gasteiger charge is -2.24. The molecule has 0 aromatic heterocycles. The van der Waals surface area contributed by atoms with E-state index in [2.05, 4.69) is 10.4 Å². The third-order valence-electron chi connectivity index (χ3n) is 4.98. The van der Waals surface area contributed by atoms with Gasteiger partial charge in [-0.15, -0.1) is 0 Å². The van der Waals surface area contributed by atoms with Crippen LogP contribution in [0, 0.1) is 16.7 Å². The van der Waals surface area contributed by atoms with Crippen molar-refractivity contribution in [1.29, 1.82) is 5.26 Å². The van der Waals surface area contributed by atoms with E-state index in [1.807, 2.05) is 0 Å². The Hall–Kier alpha value is -3.58. The summed E-state index contributed by atoms with van der Waals surface area (Å²) in [5.41, 5.74) is -2.24. The van der Waals surface area contributed by atoms with Crippen molar-refractivity contribution in [2.24, 2.45) is 10.5 Å². The van der Waals surface area contributed by atoms with E-state index < -0.39 is 34.7 Å². The number of nitrogens with zero attached hydrogens (tertiary/aromatic N) is 3. The van der Waals surface area contributed by atoms with Crippen LogP contribution in [-0.2, 0) is 15.7 Å². The van der Waals surface area contributed by atoms with Crippen molar-refractivity contribution < 1.29 is 27.5 Å². The molecule has 7 nitrogen and oxygen atoms in total. The standard InChI is InChI=1S/C22H18ClF3N4O3/c1-3-33-19(31)21(2)12-30(29-18(21)13-4-6-15(23)7-5-13)20(32)28-16-8-9-17(22(24,25)26)14(10-16)11-27/h4-10H,3,12H2,1-2H3,(H,28,32). The first-order valence-electron chi connectivity index (χ1n) is 9.71. The predicted octanol–water partition coefficient (Wildman–Crippen LogP) is 5.05. The molecule has 2 aromatic carbocycles. The number of halogens is 4. The Balaban J connectivity index is 1.91. The summed E-state index contributed by atoms with van der Waals surface area (Å²) in [4.78, 5) is 25.6. The molecule has 1 unspecified atom stereocenters. The fraction of sp³-hybridized carbons (Fsp3) is 0.273. The topological polar surface area (TPSA) is 94.8 Å². The highest BCUT2D eigenvalue weighted by atomic mass is 35.5. The molecule has 1 N–H and O–H groups in total. The van der Waals surface area contributed by atoms with Crippen LogP contribution in [0.4, 0.5) is 23.7 Å². The number of anilines is 1. The van der Waals surface area contributed by atoms with Gasteiger partial charge in [-0.25, -0.2) is 9.80 Å². The van der Waals surface area contributed by atoms with Crippen LogP contribution in [0.1, 0.15) is 30.5 Å². The molecule has 1 aliphatic heterocycles. The minimum atomic E-state index is -4.71. The molecule has 0 spiro atoms. The molecule has 2 amide bonds. The van der Waals surface area contributed by atoms with Gasteiger partial charge in [-0.1, -0.05) is 23.7 Å². The lowest BCUT2D eigenvalue weighted by molar-refractivity contribution is -0.150. The smallest absolute Gasteiger partial charge is 0.417 e. The highest BCUT2D eigenvalue weighted by molar-refractivity contribution is 6.30. The van der Waals surface area contributed by atoms with Crippen molar-refractivity contribution in [2.45, 2.75) is 20.0 Å². The number of carbonyl (C=O) groups is 2. The second-order valence-corrected chi connectivity index (χ2v) is 7.80. The molecule has 1 heterocycles. The van der Waals surface area contributed by atoms with Gasteiger partial charge in [0.25, 0.3) is 0 Å². The minimum absolute atomic E-state index is 0.0301. The van der Waals surface area contributed by atoms with Crippen LogP contribution < -0.4 is 5.32 Å². The number of urea groups is 1. The molecule has 0 bridgehead atoms. The maximum atomic E-state index is 13.0. The maximum absolute atomic E-state index is 13.0. The Morgan fingerprint density at radius 3 is 2.52 bits per heavy atom. The van der Waals surface area contributed by atoms with E-state index in [0.717, 1.165) is 17.1 Å². The fourth-order valence-corrected chi connectivity index (χ4v) is 3.47. The van der Waals surface area contributed by atoms with Gasteiger partial charge in [0, 0.05) is 10.7 Å². The quantitative estimate of drug-likeness (QED) is 0.622. The van der Waals surface area contributed by atoms with Gasteiger partial charge in [0.15, 0.2) is 0 Å². The SMILES string of the molecule is CCOC(=O)C1(C)CN(C(=O)Nc2ccc(C(F)(F)F)c(C#N)c2)N=C1c1ccc(Cl)cc1. The van der Waals surface area contributed by atoms with Crippen LogP contribution in [0.2, 0.25) is 5.02 Å². The first kappa shape index (κ1) is 24.1. The number of amides is 2. The van der Waals surface area contributed by atoms with E-state index in [4.69, 9.17) is 21.6 Å². The molecule has 0 radical (unpaired) electrons. The fourth-order valence-electron chi connectivity index (χ4n) is 3.34. The largest absolute Gasteiger partial charge is 0.465 e. The molecule has 0 fully saturated rings. The monoisotopic (exact) mass is 478 g/mol. The summed E-state index contributed by atoms with van der Waals surface area (Å²) in [6, 6.07) is 9.87. The third-order valence-corrected chi connectivity index (χ3v) is 5.24. The highest BCUT2D eigenvalue weighted by Crippen LogP contribution is 2.35. The van der Waals surface area contributed by atoms with Crippen LogP contribution in [0.25, 0.3) is 0 Å². The first-order chi connectivity index (χ1) is 15.5. The molecule has 0 saturated carbocycles. The number of hydrogen-bond acceptors (Lipinski definition) is 5. The number of nitrogens with one attached hydrogen (secondary N) is 1. The van der Waals surface area contributed by atoms with Gasteiger partial charge in [0.05, 0.1) is 36.1 Å². The third kappa shape index (κ3) is 4.93. The zero-order valence-corrected chi connectivity index (χ0v) is 18.3. The van der Waals surface area contributed by atoms with Crippen LogP contribution in [-0.4, -0.2) is 35.9 Å². The second-order valence-electron chi connectivity index (χ2n) is 7.37. The summed E-state index contributed by atoms with van der Waals surface area (Å²) in [5, 5.41) is 17.2. The lowest BCUT2D eigenvalue weighted by Crippen LogP contribution is -2.42. The van der Waals surface area contributed by atoms with Gasteiger partial charge in [-0.3, -0.25) is 4.79 Å². The molecule has 0 aliphatic carbocycles. The van der Waals surface area contributed by atoms with Gasteiger partial charge < -0.3 is 10.1 Å². The molecular weight excluding hydrogens is 461 g/mol. The summed E-state index contributed by atoms with van der Waals surface area (Å²) < 4.78 is 44.2. The van der Waals surface area contributed by atoms with Crippen molar-refractivity contribution in [3.8, 4) is 6.07 Å². The lowest BCUT2D eigenvalue weighted by atomic mass is 9.82. The number of benzene rings is 2. The summed E-state index contributed by atoms with van der Waals surface area (Å²) in [6.07, 6.45) is -4.71. The Bertz CT molecular complexity index is 1160. The molecule has 3 rings (SSSR count). The van der Waals surface area contributed by atoms with Crippen molar-refractivity contribution in [3.63, 3.8) is 0 Å². The van der Waals surface area contributed by atoms with Gasteiger partial charge in [-0.05, 0) is 49.7 Å². The normalized spacial score (nSPS) is 17.8.